The molecule has 0 saturated carbocycles. The molecule has 0 aliphatic rings. The second-order valence-corrected chi connectivity index (χ2v) is 5.99. The maximum atomic E-state index is 14.2. The van der Waals surface area contributed by atoms with Crippen LogP contribution in [-0.2, 0) is 6.61 Å². The molecule has 0 unspecified atom stereocenters. The van der Waals surface area contributed by atoms with Gasteiger partial charge in [-0.15, -0.1) is 0 Å². The number of hydrogen-bond acceptors (Lipinski definition) is 7. The topological polar surface area (TPSA) is 125 Å². The van der Waals surface area contributed by atoms with Gasteiger partial charge in [-0.05, 0) is 11.6 Å². The largest absolute Gasteiger partial charge is 0.500 e. The lowest BCUT2D eigenvalue weighted by Gasteiger charge is -2.12. The molecule has 1 N–H and O–H groups in total. The van der Waals surface area contributed by atoms with Gasteiger partial charge in [-0.25, -0.2) is 0 Å². The highest BCUT2D eigenvalue weighted by Gasteiger charge is 2.34. The number of phenols is 1. The first-order chi connectivity index (χ1) is 14.7. The van der Waals surface area contributed by atoms with Crippen LogP contribution in [-0.4, -0.2) is 15.0 Å². The molecule has 31 heavy (non-hydrogen) atoms. The standard InChI is InChI=1S/C19H11F3N2O7/c20-14-15(21)19(16(22)18(25)17(14)24(28)29)31-11-6-7-12(23(26)27)13(8-11)30-9-10-4-2-1-3-5-10/h1-8,25H,9H2. The van der Waals surface area contributed by atoms with Crippen molar-refractivity contribution >= 4 is 11.4 Å². The summed E-state index contributed by atoms with van der Waals surface area (Å²) in [6.45, 7) is -0.0825. The van der Waals surface area contributed by atoms with E-state index in [-0.39, 0.29) is 12.4 Å². The normalized spacial score (nSPS) is 10.5. The molecule has 9 nitrogen and oxygen atoms in total. The molecule has 0 spiro atoms. The average molecular weight is 436 g/mol. The highest BCUT2D eigenvalue weighted by Crippen LogP contribution is 2.42. The van der Waals surface area contributed by atoms with E-state index in [1.165, 1.54) is 0 Å². The Labute approximate surface area is 171 Å². The van der Waals surface area contributed by atoms with Gasteiger partial charge in [0.2, 0.25) is 34.7 Å². The number of hydrogen-bond donors (Lipinski definition) is 1. The molecule has 0 radical (unpaired) electrons. The number of halogens is 3. The van der Waals surface area contributed by atoms with Crippen molar-refractivity contribution in [3.8, 4) is 23.0 Å². The van der Waals surface area contributed by atoms with Crippen LogP contribution in [0.4, 0.5) is 24.5 Å². The highest BCUT2D eigenvalue weighted by atomic mass is 19.2. The third kappa shape index (κ3) is 4.32. The molecule has 0 aliphatic heterocycles. The zero-order valence-electron chi connectivity index (χ0n) is 15.3. The Morgan fingerprint density at radius 3 is 2.19 bits per heavy atom. The fraction of sp³-hybridized carbons (Fsp3) is 0.0526. The number of nitro benzene ring substituents is 2. The molecule has 0 aliphatic carbocycles. The van der Waals surface area contributed by atoms with Crippen LogP contribution in [0.2, 0.25) is 0 Å². The predicted molar refractivity (Wildman–Crippen MR) is 98.6 cm³/mol. The summed E-state index contributed by atoms with van der Waals surface area (Å²) < 4.78 is 52.5. The van der Waals surface area contributed by atoms with Gasteiger partial charge in [0, 0.05) is 12.1 Å². The van der Waals surface area contributed by atoms with Crippen LogP contribution in [0.5, 0.6) is 23.0 Å². The molecular formula is C19H11F3N2O7. The minimum atomic E-state index is -2.14. The summed E-state index contributed by atoms with van der Waals surface area (Å²) in [7, 11) is 0. The fourth-order valence-corrected chi connectivity index (χ4v) is 2.55. The molecule has 3 rings (SSSR count). The van der Waals surface area contributed by atoms with Crippen LogP contribution < -0.4 is 9.47 Å². The number of aromatic hydroxyl groups is 1. The SMILES string of the molecule is O=[N+]([O-])c1ccc(Oc2c(F)c(O)c([N+](=O)[O-])c(F)c2F)cc1OCc1ccccc1. The van der Waals surface area contributed by atoms with Crippen LogP contribution in [0.25, 0.3) is 0 Å². The van der Waals surface area contributed by atoms with E-state index in [4.69, 9.17) is 9.47 Å². The minimum Gasteiger partial charge on any atom is -0.500 e. The summed E-state index contributed by atoms with van der Waals surface area (Å²) in [6, 6.07) is 11.4. The van der Waals surface area contributed by atoms with E-state index in [1.54, 1.807) is 30.3 Å². The van der Waals surface area contributed by atoms with E-state index in [2.05, 4.69) is 0 Å². The molecule has 0 saturated heterocycles. The van der Waals surface area contributed by atoms with Gasteiger partial charge in [0.15, 0.2) is 0 Å². The van der Waals surface area contributed by atoms with Gasteiger partial charge in [-0.3, -0.25) is 20.2 Å². The van der Waals surface area contributed by atoms with Crippen molar-refractivity contribution in [3.05, 3.63) is 91.8 Å². The molecule has 160 valence electrons. The Morgan fingerprint density at radius 1 is 0.903 bits per heavy atom. The molecule has 0 aromatic heterocycles. The van der Waals surface area contributed by atoms with Gasteiger partial charge < -0.3 is 14.6 Å². The van der Waals surface area contributed by atoms with Crippen LogP contribution in [0.15, 0.2) is 48.5 Å². The summed E-state index contributed by atoms with van der Waals surface area (Å²) in [4.78, 5) is 19.7. The highest BCUT2D eigenvalue weighted by molar-refractivity contribution is 5.55. The molecule has 0 fully saturated rings. The number of rotatable bonds is 7. The molecule has 0 amide bonds. The number of nitrogens with zero attached hydrogens (tertiary/aromatic N) is 2. The van der Waals surface area contributed by atoms with Crippen molar-refractivity contribution in [1.29, 1.82) is 0 Å². The maximum Gasteiger partial charge on any atom is 0.352 e. The number of ether oxygens (including phenoxy) is 2. The second-order valence-electron chi connectivity index (χ2n) is 5.99. The third-order valence-corrected chi connectivity index (χ3v) is 4.00. The zero-order valence-corrected chi connectivity index (χ0v) is 15.3. The van der Waals surface area contributed by atoms with Crippen LogP contribution in [0.3, 0.4) is 0 Å². The predicted octanol–water partition coefficient (Wildman–Crippen LogP) is 5.00. The fourth-order valence-electron chi connectivity index (χ4n) is 2.55. The summed E-state index contributed by atoms with van der Waals surface area (Å²) >= 11 is 0. The first kappa shape index (κ1) is 21.4. The Balaban J connectivity index is 1.97. The van der Waals surface area contributed by atoms with Gasteiger partial charge in [-0.1, -0.05) is 30.3 Å². The first-order valence-electron chi connectivity index (χ1n) is 8.37. The summed E-state index contributed by atoms with van der Waals surface area (Å²) in [6.07, 6.45) is 0. The summed E-state index contributed by atoms with van der Waals surface area (Å²) in [5, 5.41) is 31.4. The second kappa shape index (κ2) is 8.57. The monoisotopic (exact) mass is 436 g/mol. The average Bonchev–Trinajstić information content (AvgIpc) is 2.74. The molecular weight excluding hydrogens is 425 g/mol. The van der Waals surface area contributed by atoms with Gasteiger partial charge in [-0.2, -0.15) is 13.2 Å². The van der Waals surface area contributed by atoms with Crippen molar-refractivity contribution < 1.29 is 37.6 Å². The third-order valence-electron chi connectivity index (χ3n) is 4.00. The van der Waals surface area contributed by atoms with Crippen molar-refractivity contribution in [2.75, 3.05) is 0 Å². The molecule has 12 heteroatoms. The first-order valence-corrected chi connectivity index (χ1v) is 8.37. The van der Waals surface area contributed by atoms with E-state index < -0.39 is 55.9 Å². The lowest BCUT2D eigenvalue weighted by Crippen LogP contribution is -2.03. The maximum absolute atomic E-state index is 14.2. The molecule has 0 atom stereocenters. The van der Waals surface area contributed by atoms with Crippen LogP contribution in [0, 0.1) is 37.7 Å². The van der Waals surface area contributed by atoms with Gasteiger partial charge >= 0.3 is 11.4 Å². The van der Waals surface area contributed by atoms with Crippen molar-refractivity contribution in [2.45, 2.75) is 6.61 Å². The molecule has 3 aromatic rings. The summed E-state index contributed by atoms with van der Waals surface area (Å²) in [5.41, 5.74) is -1.61. The Bertz CT molecular complexity index is 1140. The lowest BCUT2D eigenvalue weighted by molar-refractivity contribution is -0.389. The zero-order chi connectivity index (χ0) is 22.7. The van der Waals surface area contributed by atoms with E-state index in [0.29, 0.717) is 5.56 Å². The van der Waals surface area contributed by atoms with E-state index in [0.717, 1.165) is 18.2 Å². The van der Waals surface area contributed by atoms with E-state index in [9.17, 15) is 38.5 Å². The van der Waals surface area contributed by atoms with Crippen molar-refractivity contribution in [1.82, 2.24) is 0 Å². The molecule has 0 heterocycles. The number of nitro groups is 2. The molecule has 3 aromatic carbocycles. The van der Waals surface area contributed by atoms with Gasteiger partial charge in [0.1, 0.15) is 12.4 Å². The van der Waals surface area contributed by atoms with Crippen molar-refractivity contribution in [2.24, 2.45) is 0 Å². The summed E-state index contributed by atoms with van der Waals surface area (Å²) in [5.74, 6) is -10.1. The smallest absolute Gasteiger partial charge is 0.352 e. The Kier molecular flexibility index (Phi) is 5.90. The minimum absolute atomic E-state index is 0.0825. The van der Waals surface area contributed by atoms with E-state index >= 15 is 0 Å². The molecule has 0 bridgehead atoms. The Morgan fingerprint density at radius 2 is 1.58 bits per heavy atom. The van der Waals surface area contributed by atoms with Gasteiger partial charge in [0.25, 0.3) is 0 Å². The lowest BCUT2D eigenvalue weighted by atomic mass is 10.2. The van der Waals surface area contributed by atoms with Crippen molar-refractivity contribution in [3.63, 3.8) is 0 Å². The number of phenolic OH excluding ortho intramolecular Hbond substituents is 1. The quantitative estimate of drug-likeness (QED) is 0.314. The van der Waals surface area contributed by atoms with Crippen LogP contribution >= 0.6 is 0 Å². The van der Waals surface area contributed by atoms with E-state index in [1.807, 2.05) is 0 Å². The van der Waals surface area contributed by atoms with Crippen LogP contribution in [0.1, 0.15) is 5.56 Å². The Hall–Kier alpha value is -4.35. The number of benzene rings is 3. The van der Waals surface area contributed by atoms with Gasteiger partial charge in [0.05, 0.1) is 9.85 Å².